The molecule has 0 radical (unpaired) electrons. The molecule has 8 nitrogen and oxygen atoms in total. The van der Waals surface area contributed by atoms with Gasteiger partial charge in [0.15, 0.2) is 0 Å². The van der Waals surface area contributed by atoms with E-state index in [0.29, 0.717) is 0 Å². The molecule has 1 heterocycles. The third-order valence-corrected chi connectivity index (χ3v) is 5.15. The lowest BCUT2D eigenvalue weighted by atomic mass is 9.98. The molecule has 2 unspecified atom stereocenters. The molecule has 1 fully saturated rings. The molecular formula is C16H29O8P. The minimum Gasteiger partial charge on any atom is -0.438 e. The zero-order valence-electron chi connectivity index (χ0n) is 16.0. The Morgan fingerprint density at radius 1 is 0.920 bits per heavy atom. The maximum atomic E-state index is 12.8. The highest BCUT2D eigenvalue weighted by Crippen LogP contribution is 2.51. The van der Waals surface area contributed by atoms with Gasteiger partial charge in [0.05, 0.1) is 29.2 Å². The summed E-state index contributed by atoms with van der Waals surface area (Å²) in [6.45, 7) is 11.0. The van der Waals surface area contributed by atoms with E-state index in [1.165, 1.54) is 0 Å². The van der Waals surface area contributed by atoms with E-state index in [-0.39, 0.29) is 18.4 Å². The van der Waals surface area contributed by atoms with Gasteiger partial charge in [-0.05, 0) is 48.5 Å². The second-order valence-electron chi connectivity index (χ2n) is 8.03. The Morgan fingerprint density at radius 2 is 1.28 bits per heavy atom. The minimum atomic E-state index is -3.65. The van der Waals surface area contributed by atoms with Crippen LogP contribution in [0.25, 0.3) is 0 Å². The van der Waals surface area contributed by atoms with Crippen LogP contribution in [0.3, 0.4) is 0 Å². The molecule has 1 aliphatic rings. The first-order valence-electron chi connectivity index (χ1n) is 8.13. The van der Waals surface area contributed by atoms with E-state index in [2.05, 4.69) is 0 Å². The minimum absolute atomic E-state index is 0.00565. The molecule has 1 rings (SSSR count). The van der Waals surface area contributed by atoms with Crippen molar-refractivity contribution in [3.05, 3.63) is 0 Å². The molecule has 25 heavy (non-hydrogen) atoms. The Labute approximate surface area is 149 Å². The fraction of sp³-hybridized carbons (Fsp3) is 0.875. The van der Waals surface area contributed by atoms with Crippen molar-refractivity contribution >= 4 is 19.5 Å². The van der Waals surface area contributed by atoms with Gasteiger partial charge in [0.2, 0.25) is 13.6 Å². The Bertz CT molecular complexity index is 495. The number of hydrogen-bond donors (Lipinski definition) is 0. The van der Waals surface area contributed by atoms with Crippen LogP contribution in [0.1, 0.15) is 48.5 Å². The largest absolute Gasteiger partial charge is 0.438 e. The lowest BCUT2D eigenvalue weighted by molar-refractivity contribution is -0.162. The zero-order valence-corrected chi connectivity index (χ0v) is 16.9. The molecule has 9 heteroatoms. The van der Waals surface area contributed by atoms with Gasteiger partial charge in [-0.15, -0.1) is 0 Å². The van der Waals surface area contributed by atoms with Crippen LogP contribution in [0.4, 0.5) is 0 Å². The number of carbonyl (C=O) groups excluding carboxylic acids is 2. The van der Waals surface area contributed by atoms with Crippen LogP contribution in [-0.2, 0) is 37.4 Å². The van der Waals surface area contributed by atoms with Crippen molar-refractivity contribution < 1.29 is 37.4 Å². The fourth-order valence-electron chi connectivity index (χ4n) is 1.54. The van der Waals surface area contributed by atoms with Crippen LogP contribution in [0.15, 0.2) is 0 Å². The number of esters is 2. The van der Waals surface area contributed by atoms with Crippen molar-refractivity contribution in [2.45, 2.75) is 60.7 Å². The predicted octanol–water partition coefficient (Wildman–Crippen LogP) is 3.09. The lowest BCUT2D eigenvalue weighted by Crippen LogP contribution is -2.25. The summed E-state index contributed by atoms with van der Waals surface area (Å²) >= 11 is 0. The first kappa shape index (κ1) is 22.1. The van der Waals surface area contributed by atoms with E-state index in [1.807, 2.05) is 6.92 Å². The monoisotopic (exact) mass is 380 g/mol. The van der Waals surface area contributed by atoms with E-state index >= 15 is 0 Å². The highest BCUT2D eigenvalue weighted by Gasteiger charge is 2.43. The van der Waals surface area contributed by atoms with Gasteiger partial charge in [-0.2, -0.15) is 0 Å². The molecule has 1 saturated heterocycles. The second-order valence-corrected chi connectivity index (χ2v) is 10.1. The molecule has 0 bridgehead atoms. The van der Waals surface area contributed by atoms with E-state index in [4.69, 9.17) is 23.3 Å². The Hall–Kier alpha value is -0.950. The summed E-state index contributed by atoms with van der Waals surface area (Å²) in [5.74, 6) is -0.983. The van der Waals surface area contributed by atoms with Crippen molar-refractivity contribution in [1.82, 2.24) is 0 Å². The van der Waals surface area contributed by atoms with Crippen LogP contribution < -0.4 is 0 Å². The van der Waals surface area contributed by atoms with Crippen molar-refractivity contribution in [3.63, 3.8) is 0 Å². The van der Waals surface area contributed by atoms with Gasteiger partial charge in [0.1, 0.15) is 0 Å². The van der Waals surface area contributed by atoms with E-state index in [1.54, 1.807) is 41.5 Å². The van der Waals surface area contributed by atoms with Crippen LogP contribution in [0.2, 0.25) is 0 Å². The summed E-state index contributed by atoms with van der Waals surface area (Å²) in [5.41, 5.74) is -1.41. The summed E-state index contributed by atoms with van der Waals surface area (Å²) in [6, 6.07) is 0. The topological polar surface area (TPSA) is 101 Å². The number of rotatable bonds is 8. The Balaban J connectivity index is 2.54. The van der Waals surface area contributed by atoms with E-state index < -0.39 is 44.0 Å². The van der Waals surface area contributed by atoms with E-state index in [0.717, 1.165) is 0 Å². The summed E-state index contributed by atoms with van der Waals surface area (Å²) in [7, 11) is -3.65. The smallest absolute Gasteiger partial charge is 0.339 e. The van der Waals surface area contributed by atoms with Gasteiger partial charge in [0.25, 0.3) is 0 Å². The average molecular weight is 380 g/mol. The molecule has 0 aromatic carbocycles. The highest BCUT2D eigenvalue weighted by molar-refractivity contribution is 7.53. The summed E-state index contributed by atoms with van der Waals surface area (Å²) in [5, 5.41) is 0. The molecule has 0 amide bonds. The molecule has 0 aromatic rings. The van der Waals surface area contributed by atoms with Gasteiger partial charge >= 0.3 is 19.5 Å². The lowest BCUT2D eigenvalue weighted by Gasteiger charge is -2.21. The average Bonchev–Trinajstić information content (AvgIpc) is 3.11. The SMILES string of the molecule is CC1OC1CP(=O)(OCOC(=O)C(C)(C)C)OCOC(=O)C(C)(C)C. The third-order valence-electron chi connectivity index (χ3n) is 3.34. The molecule has 0 aliphatic carbocycles. The highest BCUT2D eigenvalue weighted by atomic mass is 31.2. The van der Waals surface area contributed by atoms with Crippen LogP contribution in [0.5, 0.6) is 0 Å². The fourth-order valence-corrected chi connectivity index (χ4v) is 3.07. The van der Waals surface area contributed by atoms with Crippen molar-refractivity contribution in [3.8, 4) is 0 Å². The van der Waals surface area contributed by atoms with Gasteiger partial charge in [-0.25, -0.2) is 0 Å². The molecule has 1 aliphatic heterocycles. The Kier molecular flexibility index (Phi) is 7.21. The normalized spacial score (nSPS) is 20.9. The van der Waals surface area contributed by atoms with Crippen LogP contribution >= 0.6 is 7.60 Å². The maximum absolute atomic E-state index is 12.8. The maximum Gasteiger partial charge on any atom is 0.339 e. The molecule has 0 spiro atoms. The number of hydrogen-bond acceptors (Lipinski definition) is 8. The quantitative estimate of drug-likeness (QED) is 0.274. The predicted molar refractivity (Wildman–Crippen MR) is 89.8 cm³/mol. The van der Waals surface area contributed by atoms with Crippen molar-refractivity contribution in [2.75, 3.05) is 19.7 Å². The van der Waals surface area contributed by atoms with Gasteiger partial charge in [-0.1, -0.05) is 0 Å². The summed E-state index contributed by atoms with van der Waals surface area (Å²) < 4.78 is 38.3. The standard InChI is InChI=1S/C16H29O8P/c1-11-12(24-11)8-25(19,22-9-20-13(17)15(2,3)4)23-10-21-14(18)16(5,6)7/h11-12H,8-10H2,1-7H3. The van der Waals surface area contributed by atoms with Crippen LogP contribution in [0, 0.1) is 10.8 Å². The molecule has 0 aromatic heterocycles. The molecule has 0 saturated carbocycles. The molecule has 146 valence electrons. The molecule has 0 N–H and O–H groups in total. The van der Waals surface area contributed by atoms with Crippen molar-refractivity contribution in [1.29, 1.82) is 0 Å². The number of epoxide rings is 1. The Morgan fingerprint density at radius 3 is 1.56 bits per heavy atom. The first-order valence-corrected chi connectivity index (χ1v) is 9.85. The van der Waals surface area contributed by atoms with Crippen LogP contribution in [-0.4, -0.2) is 43.9 Å². The van der Waals surface area contributed by atoms with Crippen molar-refractivity contribution in [2.24, 2.45) is 10.8 Å². The molecule has 2 atom stereocenters. The van der Waals surface area contributed by atoms with E-state index in [9.17, 15) is 14.2 Å². The molecular weight excluding hydrogens is 351 g/mol. The summed E-state index contributed by atoms with van der Waals surface area (Å²) in [6.07, 6.45) is -0.314. The zero-order chi connectivity index (χ0) is 19.5. The van der Waals surface area contributed by atoms with Gasteiger partial charge < -0.3 is 14.2 Å². The third kappa shape index (κ3) is 7.86. The second kappa shape index (κ2) is 8.16. The van der Waals surface area contributed by atoms with Gasteiger partial charge in [-0.3, -0.25) is 23.2 Å². The van der Waals surface area contributed by atoms with Gasteiger partial charge in [0, 0.05) is 0 Å². The first-order chi connectivity index (χ1) is 11.2. The number of ether oxygens (including phenoxy) is 3. The summed E-state index contributed by atoms with van der Waals surface area (Å²) in [4.78, 5) is 23.4. The number of carbonyl (C=O) groups is 2.